The van der Waals surface area contributed by atoms with Gasteiger partial charge in [-0.1, -0.05) is 6.92 Å². The van der Waals surface area contributed by atoms with Gasteiger partial charge in [-0.2, -0.15) is 0 Å². The first-order chi connectivity index (χ1) is 6.96. The van der Waals surface area contributed by atoms with E-state index in [0.717, 1.165) is 0 Å². The second kappa shape index (κ2) is 4.39. The summed E-state index contributed by atoms with van der Waals surface area (Å²) in [5, 5.41) is 0. The molecule has 0 aliphatic carbocycles. The number of aryl methyl sites for hydroxylation is 1. The number of nitrogen functional groups attached to an aromatic ring is 1. The van der Waals surface area contributed by atoms with Crippen LogP contribution in [0.2, 0.25) is 0 Å². The summed E-state index contributed by atoms with van der Waals surface area (Å²) in [5.74, 6) is 4.95. The molecular weight excluding hydrogens is 209 g/mol. The van der Waals surface area contributed by atoms with Gasteiger partial charge >= 0.3 is 6.36 Å². The van der Waals surface area contributed by atoms with Crippen molar-refractivity contribution in [2.24, 2.45) is 5.84 Å². The smallest absolute Gasteiger partial charge is 0.406 e. The van der Waals surface area contributed by atoms with Crippen LogP contribution in [0.4, 0.5) is 18.9 Å². The van der Waals surface area contributed by atoms with E-state index in [1.807, 2.05) is 6.92 Å². The van der Waals surface area contributed by atoms with Gasteiger partial charge in [0.05, 0.1) is 5.69 Å². The van der Waals surface area contributed by atoms with Crippen LogP contribution in [-0.2, 0) is 6.42 Å². The first-order valence-electron chi connectivity index (χ1n) is 4.31. The maximum atomic E-state index is 11.9. The molecule has 0 fully saturated rings. The Labute approximate surface area is 85.0 Å². The van der Waals surface area contributed by atoms with Gasteiger partial charge in [0.15, 0.2) is 0 Å². The fraction of sp³-hybridized carbons (Fsp3) is 0.333. The largest absolute Gasteiger partial charge is 0.573 e. The van der Waals surface area contributed by atoms with Gasteiger partial charge in [0, 0.05) is 0 Å². The second-order valence-electron chi connectivity index (χ2n) is 2.86. The lowest BCUT2D eigenvalue weighted by Crippen LogP contribution is -2.17. The molecule has 0 radical (unpaired) electrons. The van der Waals surface area contributed by atoms with Crippen LogP contribution in [0.1, 0.15) is 12.5 Å². The quantitative estimate of drug-likeness (QED) is 0.607. The Hall–Kier alpha value is -1.43. The van der Waals surface area contributed by atoms with Crippen molar-refractivity contribution in [3.8, 4) is 5.75 Å². The molecule has 0 aliphatic heterocycles. The number of benzene rings is 1. The molecule has 15 heavy (non-hydrogen) atoms. The van der Waals surface area contributed by atoms with Crippen molar-refractivity contribution >= 4 is 5.69 Å². The van der Waals surface area contributed by atoms with E-state index < -0.39 is 6.36 Å². The number of nitrogens with one attached hydrogen (secondary N) is 1. The molecule has 6 heteroatoms. The standard InChI is InChI=1S/C9H11F3N2O/c1-2-6-5-7(15-9(10,11)12)3-4-8(6)14-13/h3-5,14H,2,13H2,1H3. The minimum Gasteiger partial charge on any atom is -0.406 e. The summed E-state index contributed by atoms with van der Waals surface area (Å²) in [6.45, 7) is 1.81. The molecule has 3 nitrogen and oxygen atoms in total. The maximum Gasteiger partial charge on any atom is 0.573 e. The Kier molecular flexibility index (Phi) is 3.41. The number of alkyl halides is 3. The minimum atomic E-state index is -4.66. The molecule has 0 heterocycles. The van der Waals surface area contributed by atoms with E-state index in [0.29, 0.717) is 17.7 Å². The van der Waals surface area contributed by atoms with Crippen LogP contribution in [0.5, 0.6) is 5.75 Å². The molecule has 0 unspecified atom stereocenters. The van der Waals surface area contributed by atoms with Crippen molar-refractivity contribution in [1.29, 1.82) is 0 Å². The number of hydrogen-bond donors (Lipinski definition) is 2. The summed E-state index contributed by atoms with van der Waals surface area (Å²) in [6.07, 6.45) is -4.10. The van der Waals surface area contributed by atoms with Gasteiger partial charge in [-0.3, -0.25) is 5.84 Å². The van der Waals surface area contributed by atoms with Gasteiger partial charge in [0.1, 0.15) is 5.75 Å². The van der Waals surface area contributed by atoms with Crippen molar-refractivity contribution < 1.29 is 17.9 Å². The number of hydrazine groups is 1. The predicted octanol–water partition coefficient (Wildman–Crippen LogP) is 2.43. The van der Waals surface area contributed by atoms with E-state index >= 15 is 0 Å². The molecule has 0 amide bonds. The van der Waals surface area contributed by atoms with E-state index in [4.69, 9.17) is 5.84 Å². The SMILES string of the molecule is CCc1cc(OC(F)(F)F)ccc1NN. The Morgan fingerprint density at radius 1 is 1.40 bits per heavy atom. The summed E-state index contributed by atoms with van der Waals surface area (Å²) < 4.78 is 39.5. The molecular formula is C9H11F3N2O. The number of rotatable bonds is 3. The lowest BCUT2D eigenvalue weighted by molar-refractivity contribution is -0.274. The molecule has 1 aromatic rings. The van der Waals surface area contributed by atoms with Crippen molar-refractivity contribution in [1.82, 2.24) is 0 Å². The molecule has 0 aromatic heterocycles. The zero-order valence-electron chi connectivity index (χ0n) is 8.06. The van der Waals surface area contributed by atoms with E-state index in [-0.39, 0.29) is 5.75 Å². The average Bonchev–Trinajstić information content (AvgIpc) is 2.15. The summed E-state index contributed by atoms with van der Waals surface area (Å²) in [4.78, 5) is 0. The van der Waals surface area contributed by atoms with Gasteiger partial charge in [0.25, 0.3) is 0 Å². The van der Waals surface area contributed by atoms with E-state index in [9.17, 15) is 13.2 Å². The Morgan fingerprint density at radius 3 is 2.53 bits per heavy atom. The summed E-state index contributed by atoms with van der Waals surface area (Å²) in [7, 11) is 0. The van der Waals surface area contributed by atoms with E-state index in [2.05, 4.69) is 10.2 Å². The number of ether oxygens (including phenoxy) is 1. The maximum absolute atomic E-state index is 11.9. The van der Waals surface area contributed by atoms with Crippen molar-refractivity contribution in [3.63, 3.8) is 0 Å². The molecule has 0 aliphatic rings. The van der Waals surface area contributed by atoms with Crippen LogP contribution in [-0.4, -0.2) is 6.36 Å². The molecule has 1 aromatic carbocycles. The third-order valence-electron chi connectivity index (χ3n) is 1.85. The van der Waals surface area contributed by atoms with E-state index in [1.54, 1.807) is 0 Å². The van der Waals surface area contributed by atoms with Gasteiger partial charge in [-0.15, -0.1) is 13.2 Å². The second-order valence-corrected chi connectivity index (χ2v) is 2.86. The van der Waals surface area contributed by atoms with Crippen molar-refractivity contribution in [2.45, 2.75) is 19.7 Å². The third kappa shape index (κ3) is 3.32. The average molecular weight is 220 g/mol. The normalized spacial score (nSPS) is 11.3. The third-order valence-corrected chi connectivity index (χ3v) is 1.85. The van der Waals surface area contributed by atoms with E-state index in [1.165, 1.54) is 18.2 Å². The lowest BCUT2D eigenvalue weighted by atomic mass is 10.1. The van der Waals surface area contributed by atoms with Gasteiger partial charge in [0.2, 0.25) is 0 Å². The van der Waals surface area contributed by atoms with Gasteiger partial charge in [-0.05, 0) is 30.2 Å². The highest BCUT2D eigenvalue weighted by Crippen LogP contribution is 2.26. The number of nitrogens with two attached hydrogens (primary N) is 1. The van der Waals surface area contributed by atoms with Crippen LogP contribution in [0.25, 0.3) is 0 Å². The molecule has 0 bridgehead atoms. The van der Waals surface area contributed by atoms with Crippen LogP contribution >= 0.6 is 0 Å². The Morgan fingerprint density at radius 2 is 2.07 bits per heavy atom. The molecule has 0 atom stereocenters. The van der Waals surface area contributed by atoms with Crippen molar-refractivity contribution in [2.75, 3.05) is 5.43 Å². The van der Waals surface area contributed by atoms with Crippen LogP contribution < -0.4 is 16.0 Å². The summed E-state index contributed by atoms with van der Waals surface area (Å²) in [5.41, 5.74) is 3.66. The topological polar surface area (TPSA) is 47.3 Å². The molecule has 0 saturated heterocycles. The Balaban J connectivity index is 2.93. The summed E-state index contributed by atoms with van der Waals surface area (Å²) in [6, 6.07) is 3.96. The fourth-order valence-electron chi connectivity index (χ4n) is 1.20. The number of hydrogen-bond acceptors (Lipinski definition) is 3. The first-order valence-corrected chi connectivity index (χ1v) is 4.31. The molecule has 0 spiro atoms. The minimum absolute atomic E-state index is 0.238. The highest BCUT2D eigenvalue weighted by atomic mass is 19.4. The zero-order chi connectivity index (χ0) is 11.5. The van der Waals surface area contributed by atoms with Crippen LogP contribution in [0.15, 0.2) is 18.2 Å². The molecule has 3 N–H and O–H groups in total. The monoisotopic (exact) mass is 220 g/mol. The van der Waals surface area contributed by atoms with Crippen LogP contribution in [0.3, 0.4) is 0 Å². The van der Waals surface area contributed by atoms with Gasteiger partial charge < -0.3 is 10.2 Å². The highest BCUT2D eigenvalue weighted by Gasteiger charge is 2.31. The Bertz CT molecular complexity index is 339. The zero-order valence-corrected chi connectivity index (χ0v) is 8.06. The van der Waals surface area contributed by atoms with Crippen molar-refractivity contribution in [3.05, 3.63) is 23.8 Å². The number of halogens is 3. The molecule has 84 valence electrons. The molecule has 0 saturated carbocycles. The first kappa shape index (κ1) is 11.6. The predicted molar refractivity (Wildman–Crippen MR) is 50.3 cm³/mol. The lowest BCUT2D eigenvalue weighted by Gasteiger charge is -2.12. The highest BCUT2D eigenvalue weighted by molar-refractivity contribution is 5.53. The summed E-state index contributed by atoms with van der Waals surface area (Å²) >= 11 is 0. The number of anilines is 1. The molecule has 1 rings (SSSR count). The fourth-order valence-corrected chi connectivity index (χ4v) is 1.20. The van der Waals surface area contributed by atoms with Gasteiger partial charge in [-0.25, -0.2) is 0 Å². The van der Waals surface area contributed by atoms with Crippen LogP contribution in [0, 0.1) is 0 Å².